The Morgan fingerprint density at radius 2 is 1.89 bits per heavy atom. The Kier molecular flexibility index (Phi) is 6.06. The summed E-state index contributed by atoms with van der Waals surface area (Å²) < 4.78 is 6.63. The average Bonchev–Trinajstić information content (AvgIpc) is 2.70. The SMILES string of the molecule is COc1ccccc1C(CNC(=O)Cn1ncc2ccccc2c1=O)N(C)C. The summed E-state index contributed by atoms with van der Waals surface area (Å²) in [5, 5.41) is 8.31. The Balaban J connectivity index is 1.72. The van der Waals surface area contributed by atoms with Gasteiger partial charge in [0.05, 0.1) is 24.7 Å². The van der Waals surface area contributed by atoms with Crippen molar-refractivity contribution < 1.29 is 9.53 Å². The zero-order valence-electron chi connectivity index (χ0n) is 16.3. The summed E-state index contributed by atoms with van der Waals surface area (Å²) in [6.07, 6.45) is 1.60. The molecule has 0 fully saturated rings. The molecule has 7 nitrogen and oxygen atoms in total. The first-order chi connectivity index (χ1) is 13.5. The van der Waals surface area contributed by atoms with Crippen LogP contribution in [0, 0.1) is 0 Å². The zero-order chi connectivity index (χ0) is 20.1. The maximum Gasteiger partial charge on any atom is 0.275 e. The molecule has 0 saturated heterocycles. The summed E-state index contributed by atoms with van der Waals surface area (Å²) in [6, 6.07) is 14.8. The predicted molar refractivity (Wildman–Crippen MR) is 108 cm³/mol. The number of carbonyl (C=O) groups is 1. The minimum Gasteiger partial charge on any atom is -0.496 e. The van der Waals surface area contributed by atoms with Gasteiger partial charge in [-0.15, -0.1) is 0 Å². The lowest BCUT2D eigenvalue weighted by Gasteiger charge is -2.26. The molecule has 1 amide bonds. The smallest absolute Gasteiger partial charge is 0.275 e. The van der Waals surface area contributed by atoms with Gasteiger partial charge in [-0.25, -0.2) is 4.68 Å². The van der Waals surface area contributed by atoms with E-state index in [9.17, 15) is 9.59 Å². The third kappa shape index (κ3) is 4.20. The zero-order valence-corrected chi connectivity index (χ0v) is 16.3. The van der Waals surface area contributed by atoms with Gasteiger partial charge in [0.1, 0.15) is 12.3 Å². The molecule has 0 bridgehead atoms. The second-order valence-electron chi connectivity index (χ2n) is 6.72. The molecule has 0 aliphatic carbocycles. The van der Waals surface area contributed by atoms with Gasteiger partial charge >= 0.3 is 0 Å². The number of likely N-dealkylation sites (N-methyl/N-ethyl adjacent to an activating group) is 1. The van der Waals surface area contributed by atoms with E-state index in [1.807, 2.05) is 55.4 Å². The molecule has 1 aromatic heterocycles. The van der Waals surface area contributed by atoms with Crippen molar-refractivity contribution >= 4 is 16.7 Å². The van der Waals surface area contributed by atoms with E-state index in [1.165, 1.54) is 4.68 Å². The molecule has 146 valence electrons. The number of fused-ring (bicyclic) bond motifs is 1. The molecule has 3 aromatic rings. The minimum atomic E-state index is -0.276. The van der Waals surface area contributed by atoms with Crippen LogP contribution in [0.4, 0.5) is 0 Å². The van der Waals surface area contributed by atoms with Crippen molar-refractivity contribution in [1.82, 2.24) is 20.0 Å². The van der Waals surface area contributed by atoms with Gasteiger partial charge in [-0.3, -0.25) is 9.59 Å². The topological polar surface area (TPSA) is 76.5 Å². The predicted octanol–water partition coefficient (Wildman–Crippen LogP) is 1.82. The number of benzene rings is 2. The van der Waals surface area contributed by atoms with E-state index in [-0.39, 0.29) is 24.1 Å². The first-order valence-corrected chi connectivity index (χ1v) is 9.02. The van der Waals surface area contributed by atoms with Crippen molar-refractivity contribution in [3.8, 4) is 5.75 Å². The van der Waals surface area contributed by atoms with Crippen LogP contribution in [0.1, 0.15) is 11.6 Å². The van der Waals surface area contributed by atoms with Gasteiger partial charge < -0.3 is 15.0 Å². The summed E-state index contributed by atoms with van der Waals surface area (Å²) in [7, 11) is 5.51. The number of hydrogen-bond donors (Lipinski definition) is 1. The van der Waals surface area contributed by atoms with Crippen LogP contribution in [-0.2, 0) is 11.3 Å². The van der Waals surface area contributed by atoms with Gasteiger partial charge in [-0.05, 0) is 26.2 Å². The van der Waals surface area contributed by atoms with Crippen LogP contribution >= 0.6 is 0 Å². The highest BCUT2D eigenvalue weighted by Gasteiger charge is 2.19. The molecule has 0 saturated carbocycles. The van der Waals surface area contributed by atoms with Crippen molar-refractivity contribution in [3.05, 3.63) is 70.6 Å². The third-order valence-electron chi connectivity index (χ3n) is 4.67. The normalized spacial score (nSPS) is 12.1. The molecule has 1 heterocycles. The Morgan fingerprint density at radius 3 is 2.64 bits per heavy atom. The lowest BCUT2D eigenvalue weighted by Crippen LogP contribution is -2.38. The van der Waals surface area contributed by atoms with Gasteiger partial charge in [-0.2, -0.15) is 5.10 Å². The van der Waals surface area contributed by atoms with Crippen molar-refractivity contribution in [3.63, 3.8) is 0 Å². The molecule has 7 heteroatoms. The minimum absolute atomic E-state index is 0.0682. The number of para-hydroxylation sites is 1. The number of carbonyl (C=O) groups excluding carboxylic acids is 1. The number of nitrogens with zero attached hydrogens (tertiary/aromatic N) is 3. The van der Waals surface area contributed by atoms with E-state index in [1.54, 1.807) is 25.4 Å². The summed E-state index contributed by atoms with van der Waals surface area (Å²) in [5.74, 6) is 0.495. The molecule has 0 aliphatic heterocycles. The lowest BCUT2D eigenvalue weighted by atomic mass is 10.0. The Labute approximate surface area is 163 Å². The van der Waals surface area contributed by atoms with Crippen molar-refractivity contribution in [2.24, 2.45) is 0 Å². The molecular weight excluding hydrogens is 356 g/mol. The van der Waals surface area contributed by atoms with E-state index < -0.39 is 0 Å². The average molecular weight is 380 g/mol. The molecule has 0 aliphatic rings. The largest absolute Gasteiger partial charge is 0.496 e. The number of amides is 1. The summed E-state index contributed by atoms with van der Waals surface area (Å²) in [5.41, 5.74) is 0.707. The molecule has 1 N–H and O–H groups in total. The number of hydrogen-bond acceptors (Lipinski definition) is 5. The monoisotopic (exact) mass is 380 g/mol. The Bertz CT molecular complexity index is 1030. The highest BCUT2D eigenvalue weighted by atomic mass is 16.5. The van der Waals surface area contributed by atoms with Gasteiger partial charge in [-0.1, -0.05) is 36.4 Å². The number of ether oxygens (including phenoxy) is 1. The maximum atomic E-state index is 12.5. The van der Waals surface area contributed by atoms with Gasteiger partial charge in [0.15, 0.2) is 0 Å². The summed E-state index contributed by atoms with van der Waals surface area (Å²) in [6.45, 7) is 0.254. The fourth-order valence-corrected chi connectivity index (χ4v) is 3.16. The first-order valence-electron chi connectivity index (χ1n) is 9.02. The van der Waals surface area contributed by atoms with Gasteiger partial charge in [0, 0.05) is 17.5 Å². The summed E-state index contributed by atoms with van der Waals surface area (Å²) in [4.78, 5) is 27.0. The Morgan fingerprint density at radius 1 is 1.18 bits per heavy atom. The molecular formula is C21H24N4O3. The van der Waals surface area contributed by atoms with Crippen molar-refractivity contribution in [2.75, 3.05) is 27.7 Å². The van der Waals surface area contributed by atoms with E-state index in [0.717, 1.165) is 16.7 Å². The number of aromatic nitrogens is 2. The van der Waals surface area contributed by atoms with Crippen LogP contribution in [0.25, 0.3) is 10.8 Å². The second kappa shape index (κ2) is 8.67. The van der Waals surface area contributed by atoms with E-state index in [4.69, 9.17) is 4.74 Å². The molecule has 1 atom stereocenters. The fourth-order valence-electron chi connectivity index (χ4n) is 3.16. The van der Waals surface area contributed by atoms with Crippen LogP contribution in [0.15, 0.2) is 59.5 Å². The lowest BCUT2D eigenvalue weighted by molar-refractivity contribution is -0.122. The Hall–Kier alpha value is -3.19. The van der Waals surface area contributed by atoms with Crippen molar-refractivity contribution in [2.45, 2.75) is 12.6 Å². The molecule has 1 unspecified atom stereocenters. The van der Waals surface area contributed by atoms with Gasteiger partial charge in [0.25, 0.3) is 5.56 Å². The van der Waals surface area contributed by atoms with Crippen molar-refractivity contribution in [1.29, 1.82) is 0 Å². The number of nitrogens with one attached hydrogen (secondary N) is 1. The number of methoxy groups -OCH3 is 1. The first kappa shape index (κ1) is 19.6. The molecule has 0 spiro atoms. The van der Waals surface area contributed by atoms with Crippen LogP contribution < -0.4 is 15.6 Å². The van der Waals surface area contributed by atoms with Crippen LogP contribution in [-0.4, -0.2) is 48.3 Å². The quantitative estimate of drug-likeness (QED) is 0.677. The molecule has 28 heavy (non-hydrogen) atoms. The summed E-state index contributed by atoms with van der Waals surface area (Å²) >= 11 is 0. The second-order valence-corrected chi connectivity index (χ2v) is 6.72. The van der Waals surface area contributed by atoms with Gasteiger partial charge in [0.2, 0.25) is 5.91 Å². The number of rotatable bonds is 7. The van der Waals surface area contributed by atoms with Crippen LogP contribution in [0.5, 0.6) is 5.75 Å². The third-order valence-corrected chi connectivity index (χ3v) is 4.67. The van der Waals surface area contributed by atoms with E-state index in [0.29, 0.717) is 11.9 Å². The maximum absolute atomic E-state index is 12.5. The fraction of sp³-hybridized carbons (Fsp3) is 0.286. The highest BCUT2D eigenvalue weighted by molar-refractivity contribution is 5.81. The molecule has 2 aromatic carbocycles. The van der Waals surface area contributed by atoms with Crippen LogP contribution in [0.3, 0.4) is 0 Å². The van der Waals surface area contributed by atoms with Crippen LogP contribution in [0.2, 0.25) is 0 Å². The molecule has 3 rings (SSSR count). The van der Waals surface area contributed by atoms with E-state index >= 15 is 0 Å². The highest BCUT2D eigenvalue weighted by Crippen LogP contribution is 2.27. The van der Waals surface area contributed by atoms with E-state index in [2.05, 4.69) is 10.4 Å². The standard InChI is InChI=1S/C21H24N4O3/c1-24(2)18(17-10-6-7-11-19(17)28-3)13-22-20(26)14-25-21(27)16-9-5-4-8-15(16)12-23-25/h4-12,18H,13-14H2,1-3H3,(H,22,26). The molecule has 0 radical (unpaired) electrons.